The van der Waals surface area contributed by atoms with Crippen LogP contribution in [-0.2, 0) is 9.53 Å². The molecule has 1 aliphatic heterocycles. The molecule has 0 radical (unpaired) electrons. The Labute approximate surface area is 192 Å². The van der Waals surface area contributed by atoms with E-state index in [1.807, 2.05) is 18.2 Å². The molecule has 0 fully saturated rings. The summed E-state index contributed by atoms with van der Waals surface area (Å²) < 4.78 is 5.74. The molecule has 1 N–H and O–H groups in total. The van der Waals surface area contributed by atoms with Crippen molar-refractivity contribution in [2.24, 2.45) is 5.11 Å². The summed E-state index contributed by atoms with van der Waals surface area (Å²) in [6, 6.07) is 12.8. The predicted octanol–water partition coefficient (Wildman–Crippen LogP) is 5.44. The van der Waals surface area contributed by atoms with Crippen LogP contribution in [0.15, 0.2) is 57.9 Å². The highest BCUT2D eigenvalue weighted by molar-refractivity contribution is 5.90. The number of benzene rings is 1. The average molecular weight is 441 g/mol. The van der Waals surface area contributed by atoms with E-state index < -0.39 is 5.60 Å². The smallest absolute Gasteiger partial charge is 0.224 e. The SMILES string of the molecule is CC1(C)OC(=C(C#N)C#N)C(C#N)=C1C=Cc1ccc(NC(=O)CCCCCN=[N+]=[N-])cc1. The van der Waals surface area contributed by atoms with E-state index in [2.05, 4.69) is 15.3 Å². The molecule has 0 unspecified atom stereocenters. The second-order valence-electron chi connectivity index (χ2n) is 7.71. The maximum atomic E-state index is 12.1. The highest BCUT2D eigenvalue weighted by Crippen LogP contribution is 2.40. The maximum absolute atomic E-state index is 12.1. The molecular formula is C24H23N7O2. The largest absolute Gasteiger partial charge is 0.480 e. The van der Waals surface area contributed by atoms with E-state index in [-0.39, 0.29) is 22.8 Å². The van der Waals surface area contributed by atoms with Crippen molar-refractivity contribution in [1.82, 2.24) is 0 Å². The van der Waals surface area contributed by atoms with Crippen LogP contribution in [0.5, 0.6) is 0 Å². The Balaban J connectivity index is 2.05. The lowest BCUT2D eigenvalue weighted by atomic mass is 9.94. The maximum Gasteiger partial charge on any atom is 0.224 e. The van der Waals surface area contributed by atoms with Gasteiger partial charge in [-0.15, -0.1) is 0 Å². The number of nitriles is 3. The number of ether oxygens (including phenoxy) is 1. The van der Waals surface area contributed by atoms with Gasteiger partial charge >= 0.3 is 0 Å². The van der Waals surface area contributed by atoms with Gasteiger partial charge in [0.25, 0.3) is 0 Å². The summed E-state index contributed by atoms with van der Waals surface area (Å²) in [4.78, 5) is 14.7. The van der Waals surface area contributed by atoms with Crippen molar-refractivity contribution in [3.05, 3.63) is 68.8 Å². The lowest BCUT2D eigenvalue weighted by molar-refractivity contribution is -0.116. The molecule has 0 atom stereocenters. The summed E-state index contributed by atoms with van der Waals surface area (Å²) in [7, 11) is 0. The number of carbonyl (C=O) groups is 1. The Bertz CT molecular complexity index is 1150. The van der Waals surface area contributed by atoms with Crippen LogP contribution in [-0.4, -0.2) is 18.1 Å². The minimum atomic E-state index is -0.870. The molecular weight excluding hydrogens is 418 g/mol. The number of azide groups is 1. The normalized spacial score (nSPS) is 14.0. The van der Waals surface area contributed by atoms with Gasteiger partial charge in [-0.25, -0.2) is 0 Å². The Kier molecular flexibility index (Phi) is 8.83. The number of rotatable bonds is 9. The number of nitrogens with one attached hydrogen (secondary N) is 1. The summed E-state index contributed by atoms with van der Waals surface area (Å²) in [6.45, 7) is 3.97. The zero-order valence-electron chi connectivity index (χ0n) is 18.5. The van der Waals surface area contributed by atoms with Crippen molar-refractivity contribution in [3.63, 3.8) is 0 Å². The number of anilines is 1. The fraction of sp³-hybridized carbons (Fsp3) is 0.333. The molecule has 1 aromatic carbocycles. The number of nitrogens with zero attached hydrogens (tertiary/aromatic N) is 6. The summed E-state index contributed by atoms with van der Waals surface area (Å²) in [5, 5.41) is 34.2. The van der Waals surface area contributed by atoms with Crippen molar-refractivity contribution >= 4 is 17.7 Å². The predicted molar refractivity (Wildman–Crippen MR) is 123 cm³/mol. The molecule has 0 bridgehead atoms. The van der Waals surface area contributed by atoms with E-state index in [0.29, 0.717) is 24.2 Å². The number of amides is 1. The number of allylic oxidation sites excluding steroid dienone is 2. The minimum Gasteiger partial charge on any atom is -0.480 e. The lowest BCUT2D eigenvalue weighted by Crippen LogP contribution is -2.20. The fourth-order valence-corrected chi connectivity index (χ4v) is 3.25. The molecule has 0 saturated heterocycles. The number of unbranched alkanes of at least 4 members (excludes halogenated alkanes) is 2. The first kappa shape index (κ1) is 24.8. The summed E-state index contributed by atoms with van der Waals surface area (Å²) in [5.74, 6) is -0.0798. The molecule has 1 heterocycles. The molecule has 33 heavy (non-hydrogen) atoms. The molecule has 0 aliphatic carbocycles. The second kappa shape index (κ2) is 11.8. The minimum absolute atomic E-state index is 0.00278. The molecule has 9 nitrogen and oxygen atoms in total. The Morgan fingerprint density at radius 2 is 1.85 bits per heavy atom. The van der Waals surface area contributed by atoms with Crippen LogP contribution in [0.1, 0.15) is 45.1 Å². The van der Waals surface area contributed by atoms with Crippen LogP contribution in [0.25, 0.3) is 16.5 Å². The van der Waals surface area contributed by atoms with E-state index in [1.165, 1.54) is 0 Å². The van der Waals surface area contributed by atoms with Gasteiger partial charge in [0.1, 0.15) is 29.4 Å². The van der Waals surface area contributed by atoms with Crippen LogP contribution in [0.2, 0.25) is 0 Å². The molecule has 0 aromatic heterocycles. The van der Waals surface area contributed by atoms with Gasteiger partial charge in [-0.05, 0) is 49.9 Å². The van der Waals surface area contributed by atoms with Crippen LogP contribution in [0, 0.1) is 34.0 Å². The lowest BCUT2D eigenvalue weighted by Gasteiger charge is -2.20. The molecule has 0 spiro atoms. The van der Waals surface area contributed by atoms with Gasteiger partial charge in [0.05, 0.1) is 0 Å². The van der Waals surface area contributed by atoms with Crippen molar-refractivity contribution in [3.8, 4) is 18.2 Å². The number of hydrogen-bond acceptors (Lipinski definition) is 6. The first-order valence-electron chi connectivity index (χ1n) is 10.3. The van der Waals surface area contributed by atoms with Crippen molar-refractivity contribution in [2.45, 2.75) is 45.1 Å². The topological polar surface area (TPSA) is 158 Å². The van der Waals surface area contributed by atoms with Gasteiger partial charge in [0.2, 0.25) is 5.91 Å². The van der Waals surface area contributed by atoms with E-state index in [1.54, 1.807) is 50.3 Å². The van der Waals surface area contributed by atoms with E-state index in [0.717, 1.165) is 24.8 Å². The van der Waals surface area contributed by atoms with Gasteiger partial charge in [0.15, 0.2) is 11.3 Å². The summed E-state index contributed by atoms with van der Waals surface area (Å²) >= 11 is 0. The van der Waals surface area contributed by atoms with Crippen LogP contribution in [0.4, 0.5) is 5.69 Å². The standard InChI is InChI=1S/C24H23N7O2/c1-24(2)21(20(16-27)23(33-24)18(14-25)15-26)12-9-17-7-10-19(11-8-17)30-22(32)6-4-3-5-13-29-31-28/h7-12H,3-6,13H2,1-2H3,(H,30,32). The monoisotopic (exact) mass is 441 g/mol. The zero-order chi connectivity index (χ0) is 24.3. The fourth-order valence-electron chi connectivity index (χ4n) is 3.25. The zero-order valence-corrected chi connectivity index (χ0v) is 18.5. The highest BCUT2D eigenvalue weighted by atomic mass is 16.5. The van der Waals surface area contributed by atoms with Gasteiger partial charge in [-0.3, -0.25) is 4.79 Å². The highest BCUT2D eigenvalue weighted by Gasteiger charge is 2.38. The van der Waals surface area contributed by atoms with Gasteiger partial charge in [0, 0.05) is 29.1 Å². The molecule has 0 saturated carbocycles. The third kappa shape index (κ3) is 6.74. The molecule has 166 valence electrons. The molecule has 9 heteroatoms. The summed E-state index contributed by atoms with van der Waals surface area (Å²) in [5.41, 5.74) is 9.36. The van der Waals surface area contributed by atoms with Crippen molar-refractivity contribution < 1.29 is 9.53 Å². The van der Waals surface area contributed by atoms with Gasteiger partial charge in [-0.1, -0.05) is 35.8 Å². The van der Waals surface area contributed by atoms with E-state index in [4.69, 9.17) is 20.8 Å². The molecule has 1 aliphatic rings. The molecule has 1 aromatic rings. The third-order valence-electron chi connectivity index (χ3n) is 4.93. The van der Waals surface area contributed by atoms with E-state index in [9.17, 15) is 10.1 Å². The molecule has 1 amide bonds. The first-order valence-corrected chi connectivity index (χ1v) is 10.3. The van der Waals surface area contributed by atoms with Crippen LogP contribution in [0.3, 0.4) is 0 Å². The third-order valence-corrected chi connectivity index (χ3v) is 4.93. The van der Waals surface area contributed by atoms with Gasteiger partial charge in [-0.2, -0.15) is 15.8 Å². The molecule has 2 rings (SSSR count). The second-order valence-corrected chi connectivity index (χ2v) is 7.71. The quantitative estimate of drug-likeness (QED) is 0.177. The van der Waals surface area contributed by atoms with Crippen molar-refractivity contribution in [1.29, 1.82) is 15.8 Å². The Morgan fingerprint density at radius 1 is 1.15 bits per heavy atom. The number of carbonyl (C=O) groups excluding carboxylic acids is 1. The first-order chi connectivity index (χ1) is 15.9. The van der Waals surface area contributed by atoms with Crippen molar-refractivity contribution in [2.75, 3.05) is 11.9 Å². The Hall–Kier alpha value is -4.51. The van der Waals surface area contributed by atoms with Gasteiger partial charge < -0.3 is 10.1 Å². The van der Waals surface area contributed by atoms with E-state index >= 15 is 0 Å². The summed E-state index contributed by atoms with van der Waals surface area (Å²) in [6.07, 6.45) is 6.23. The van der Waals surface area contributed by atoms with Crippen LogP contribution < -0.4 is 5.32 Å². The average Bonchev–Trinajstić information content (AvgIpc) is 3.05. The Morgan fingerprint density at radius 3 is 2.45 bits per heavy atom. The number of hydrogen-bond donors (Lipinski definition) is 1. The van der Waals surface area contributed by atoms with Crippen LogP contribution >= 0.6 is 0 Å².